The van der Waals surface area contributed by atoms with Gasteiger partial charge in [0.15, 0.2) is 20.2 Å². The van der Waals surface area contributed by atoms with Crippen LogP contribution in [0.3, 0.4) is 0 Å². The molecule has 0 aromatic carbocycles. The van der Waals surface area contributed by atoms with Crippen LogP contribution in [0.15, 0.2) is 0 Å². The fraction of sp³-hybridized carbons (Fsp3) is 1.00. The molecule has 0 bridgehead atoms. The Hall–Kier alpha value is 1.63. The largest absolute Gasteiger partial charge is 1.00 e. The molecule has 0 spiro atoms. The van der Waals surface area contributed by atoms with E-state index < -0.39 is 31.3 Å². The van der Waals surface area contributed by atoms with Gasteiger partial charge in [0.2, 0.25) is 0 Å². The molecule has 0 radical (unpaired) electrons. The van der Waals surface area contributed by atoms with Crippen molar-refractivity contribution in [2.75, 3.05) is 0 Å². The van der Waals surface area contributed by atoms with Gasteiger partial charge in [-0.25, -0.2) is 16.8 Å². The molecule has 0 N–H and O–H groups in total. The van der Waals surface area contributed by atoms with Crippen molar-refractivity contribution in [2.24, 2.45) is 0 Å². The van der Waals surface area contributed by atoms with Gasteiger partial charge in [-0.2, -0.15) is 26.3 Å². The van der Waals surface area contributed by atoms with E-state index in [1.807, 2.05) is 0 Å². The molecule has 0 aromatic heterocycles. The molecular weight excluding hydrogens is 344 g/mol. The maximum Gasteiger partial charge on any atom is 1.00 e. The minimum atomic E-state index is -6.09. The summed E-state index contributed by atoms with van der Waals surface area (Å²) in [5.74, 6) is 0. The molecule has 0 unspecified atom stereocenters. The van der Waals surface area contributed by atoms with Gasteiger partial charge in [0, 0.05) is 0 Å². The molecule has 0 saturated heterocycles. The average molecular weight is 344 g/mol. The smallest absolute Gasteiger partial charge is 0.741 e. The van der Waals surface area contributed by atoms with E-state index in [0.29, 0.717) is 0 Å². The zero-order valence-corrected chi connectivity index (χ0v) is 13.3. The van der Waals surface area contributed by atoms with Gasteiger partial charge in [0.25, 0.3) is 0 Å². The summed E-state index contributed by atoms with van der Waals surface area (Å²) in [6.07, 6.45) is 0. The molecule has 0 heterocycles. The molecule has 0 aromatic rings. The summed E-state index contributed by atoms with van der Waals surface area (Å²) in [4.78, 5) is 0. The fourth-order valence-corrected chi connectivity index (χ4v) is 0. The Kier molecular flexibility index (Phi) is 13.7. The second-order valence-corrected chi connectivity index (χ2v) is 4.54. The molecular formula is C2F6KLiO6S2. The fourth-order valence-electron chi connectivity index (χ4n) is 0. The van der Waals surface area contributed by atoms with Crippen LogP contribution in [0.2, 0.25) is 0 Å². The first-order valence-electron chi connectivity index (χ1n) is 2.54. The molecule has 0 aliphatic rings. The monoisotopic (exact) mass is 344 g/mol. The van der Waals surface area contributed by atoms with Crippen LogP contribution in [-0.4, -0.2) is 37.0 Å². The van der Waals surface area contributed by atoms with E-state index in [9.17, 15) is 26.3 Å². The third-order valence-electron chi connectivity index (χ3n) is 0.567. The number of hydrogen-bond acceptors (Lipinski definition) is 6. The molecule has 0 amide bonds. The average Bonchev–Trinajstić information content (AvgIpc) is 1.77. The van der Waals surface area contributed by atoms with Crippen molar-refractivity contribution in [3.8, 4) is 0 Å². The van der Waals surface area contributed by atoms with Crippen molar-refractivity contribution in [2.45, 2.75) is 11.0 Å². The summed E-state index contributed by atoms with van der Waals surface area (Å²) in [6.45, 7) is 0. The predicted molar refractivity (Wildman–Crippen MR) is 31.5 cm³/mol. The van der Waals surface area contributed by atoms with Gasteiger partial charge in [0.05, 0.1) is 0 Å². The SMILES string of the molecule is O=S(=O)([O-])C(F)(F)F.O=S(=O)([O-])C(F)(F)F.[K+].[Li+]. The van der Waals surface area contributed by atoms with Crippen LogP contribution in [0.5, 0.6) is 0 Å². The minimum Gasteiger partial charge on any atom is -0.741 e. The van der Waals surface area contributed by atoms with Crippen molar-refractivity contribution in [1.82, 2.24) is 0 Å². The van der Waals surface area contributed by atoms with Gasteiger partial charge in [-0.15, -0.1) is 0 Å². The van der Waals surface area contributed by atoms with Gasteiger partial charge >= 0.3 is 81.3 Å². The molecule has 0 saturated carbocycles. The van der Waals surface area contributed by atoms with E-state index in [4.69, 9.17) is 25.9 Å². The topological polar surface area (TPSA) is 114 Å². The van der Waals surface area contributed by atoms with Crippen molar-refractivity contribution in [3.05, 3.63) is 0 Å². The summed E-state index contributed by atoms with van der Waals surface area (Å²) in [7, 11) is -12.2. The van der Waals surface area contributed by atoms with E-state index >= 15 is 0 Å². The Bertz CT molecular complexity index is 380. The molecule has 0 aliphatic carbocycles. The van der Waals surface area contributed by atoms with Crippen molar-refractivity contribution in [3.63, 3.8) is 0 Å². The second-order valence-electron chi connectivity index (χ2n) is 1.80. The summed E-state index contributed by atoms with van der Waals surface area (Å²) >= 11 is 0. The minimum absolute atomic E-state index is 0. The van der Waals surface area contributed by atoms with Crippen LogP contribution in [-0.2, 0) is 20.2 Å². The van der Waals surface area contributed by atoms with Gasteiger partial charge in [-0.3, -0.25) is 0 Å². The van der Waals surface area contributed by atoms with Gasteiger partial charge in [-0.1, -0.05) is 0 Å². The third kappa shape index (κ3) is 12.7. The summed E-state index contributed by atoms with van der Waals surface area (Å²) in [5.41, 5.74) is -11.3. The third-order valence-corrected chi connectivity index (χ3v) is 1.70. The van der Waals surface area contributed by atoms with E-state index in [1.165, 1.54) is 0 Å². The van der Waals surface area contributed by atoms with Crippen molar-refractivity contribution >= 4 is 20.2 Å². The zero-order valence-electron chi connectivity index (χ0n) is 8.53. The maximum absolute atomic E-state index is 10.7. The Morgan fingerprint density at radius 2 is 0.722 bits per heavy atom. The predicted octanol–water partition coefficient (Wildman–Crippen LogP) is -5.89. The standard InChI is InChI=1S/2CHF3O3S.K.Li/c2*2-1(3,4)8(5,6)7;;/h2*(H,5,6,7);;/q;;2*+1/p-2. The number of rotatable bonds is 0. The summed E-state index contributed by atoms with van der Waals surface area (Å²) in [6, 6.07) is 0. The summed E-state index contributed by atoms with van der Waals surface area (Å²) < 4.78 is 118. The van der Waals surface area contributed by atoms with E-state index in [-0.39, 0.29) is 70.2 Å². The Balaban J connectivity index is -0.0000000980. The van der Waals surface area contributed by atoms with Crippen molar-refractivity contribution < 1.29 is 123 Å². The number of hydrogen-bond donors (Lipinski definition) is 0. The van der Waals surface area contributed by atoms with Crippen molar-refractivity contribution in [1.29, 1.82) is 0 Å². The van der Waals surface area contributed by atoms with Crippen LogP contribution >= 0.6 is 0 Å². The molecule has 16 heteroatoms. The Morgan fingerprint density at radius 1 is 0.667 bits per heavy atom. The van der Waals surface area contributed by atoms with Crippen LogP contribution in [0.4, 0.5) is 26.3 Å². The van der Waals surface area contributed by atoms with Gasteiger partial charge in [-0.05, 0) is 0 Å². The molecule has 0 rings (SSSR count). The van der Waals surface area contributed by atoms with Crippen LogP contribution < -0.4 is 70.2 Å². The van der Waals surface area contributed by atoms with Crippen LogP contribution in [0.1, 0.15) is 0 Å². The second kappa shape index (κ2) is 8.82. The Labute approximate surface area is 152 Å². The first kappa shape index (κ1) is 27.9. The van der Waals surface area contributed by atoms with E-state index in [2.05, 4.69) is 0 Å². The molecule has 0 atom stereocenters. The molecule has 0 fully saturated rings. The van der Waals surface area contributed by atoms with E-state index in [1.54, 1.807) is 0 Å². The number of halogens is 6. The zero-order chi connectivity index (χ0) is 14.0. The van der Waals surface area contributed by atoms with Gasteiger partial charge in [0.1, 0.15) is 0 Å². The summed E-state index contributed by atoms with van der Waals surface area (Å²) in [5, 5.41) is 0. The first-order chi connectivity index (χ1) is 6.50. The molecule has 6 nitrogen and oxygen atoms in total. The van der Waals surface area contributed by atoms with Crippen LogP contribution in [0.25, 0.3) is 0 Å². The van der Waals surface area contributed by atoms with E-state index in [0.717, 1.165) is 0 Å². The normalized spacial score (nSPS) is 12.4. The Morgan fingerprint density at radius 3 is 0.722 bits per heavy atom. The first-order valence-corrected chi connectivity index (χ1v) is 5.36. The molecule has 100 valence electrons. The quantitative estimate of drug-likeness (QED) is 0.187. The number of alkyl halides is 6. The molecule has 18 heavy (non-hydrogen) atoms. The molecule has 0 aliphatic heterocycles. The van der Waals surface area contributed by atoms with Gasteiger partial charge < -0.3 is 9.11 Å². The van der Waals surface area contributed by atoms with Crippen LogP contribution in [0, 0.1) is 0 Å². The maximum atomic E-state index is 10.7.